The third-order valence-electron chi connectivity index (χ3n) is 3.46. The molecule has 0 bridgehead atoms. The van der Waals surface area contributed by atoms with Crippen molar-refractivity contribution in [3.8, 4) is 0 Å². The first kappa shape index (κ1) is 20.4. The molecule has 0 aliphatic rings. The molecule has 0 fully saturated rings. The van der Waals surface area contributed by atoms with Crippen molar-refractivity contribution in [2.24, 2.45) is 0 Å². The number of benzene rings is 1. The van der Waals surface area contributed by atoms with Crippen molar-refractivity contribution in [2.75, 3.05) is 12.4 Å². The van der Waals surface area contributed by atoms with Crippen LogP contribution in [-0.2, 0) is 24.2 Å². The van der Waals surface area contributed by atoms with Gasteiger partial charge in [-0.15, -0.1) is 0 Å². The number of nitrogens with one attached hydrogen (secondary N) is 1. The number of esters is 1. The molecule has 1 rings (SSSR count). The van der Waals surface area contributed by atoms with Crippen LogP contribution in [0.4, 0.5) is 0 Å². The molecule has 0 aliphatic carbocycles. The van der Waals surface area contributed by atoms with E-state index < -0.39 is 28.3 Å². The molecule has 0 atom stereocenters. The van der Waals surface area contributed by atoms with Gasteiger partial charge >= 0.3 is 5.97 Å². The number of ether oxygens (including phenoxy) is 1. The van der Waals surface area contributed by atoms with Gasteiger partial charge in [0, 0.05) is 11.1 Å². The van der Waals surface area contributed by atoms with Crippen LogP contribution in [0.1, 0.15) is 33.1 Å². The SMILES string of the molecule is CCC(CC)NC(=O)COC(=O)CCS(=O)(=O)c1ccc(Cl)cc1. The number of carbonyl (C=O) groups excluding carboxylic acids is 2. The maximum Gasteiger partial charge on any atom is 0.307 e. The third kappa shape index (κ3) is 6.88. The summed E-state index contributed by atoms with van der Waals surface area (Å²) < 4.78 is 29.0. The van der Waals surface area contributed by atoms with Crippen molar-refractivity contribution in [3.63, 3.8) is 0 Å². The highest BCUT2D eigenvalue weighted by atomic mass is 35.5. The summed E-state index contributed by atoms with van der Waals surface area (Å²) in [7, 11) is -3.60. The van der Waals surface area contributed by atoms with E-state index in [9.17, 15) is 18.0 Å². The second kappa shape index (κ2) is 9.64. The van der Waals surface area contributed by atoms with Crippen LogP contribution in [0.2, 0.25) is 5.02 Å². The van der Waals surface area contributed by atoms with Crippen LogP contribution in [0.3, 0.4) is 0 Å². The Morgan fingerprint density at radius 2 is 1.75 bits per heavy atom. The predicted octanol–water partition coefficient (Wildman–Crippen LogP) is 2.35. The van der Waals surface area contributed by atoms with Gasteiger partial charge in [-0.25, -0.2) is 8.42 Å². The zero-order valence-electron chi connectivity index (χ0n) is 13.7. The lowest BCUT2D eigenvalue weighted by Crippen LogP contribution is -2.37. The number of hydrogen-bond donors (Lipinski definition) is 1. The first-order valence-corrected chi connectivity index (χ1v) is 9.74. The van der Waals surface area contributed by atoms with Crippen molar-refractivity contribution in [1.29, 1.82) is 0 Å². The molecule has 6 nitrogen and oxygen atoms in total. The van der Waals surface area contributed by atoms with Crippen LogP contribution in [-0.4, -0.2) is 38.7 Å². The molecule has 0 heterocycles. The summed E-state index contributed by atoms with van der Waals surface area (Å²) in [5.74, 6) is -1.51. The molecule has 0 spiro atoms. The van der Waals surface area contributed by atoms with Gasteiger partial charge in [-0.3, -0.25) is 9.59 Å². The zero-order valence-corrected chi connectivity index (χ0v) is 15.3. The molecule has 0 aliphatic heterocycles. The smallest absolute Gasteiger partial charge is 0.307 e. The number of hydrogen-bond acceptors (Lipinski definition) is 5. The molecule has 1 aromatic carbocycles. The maximum absolute atomic E-state index is 12.1. The van der Waals surface area contributed by atoms with Crippen molar-refractivity contribution in [1.82, 2.24) is 5.32 Å². The highest BCUT2D eigenvalue weighted by Crippen LogP contribution is 2.16. The Hall–Kier alpha value is -1.60. The van der Waals surface area contributed by atoms with Gasteiger partial charge < -0.3 is 10.1 Å². The number of carbonyl (C=O) groups is 2. The Balaban J connectivity index is 2.43. The molecular weight excluding hydrogens is 354 g/mol. The minimum absolute atomic E-state index is 0.0430. The Labute approximate surface area is 147 Å². The average molecular weight is 376 g/mol. The third-order valence-corrected chi connectivity index (χ3v) is 5.45. The minimum Gasteiger partial charge on any atom is -0.456 e. The summed E-state index contributed by atoms with van der Waals surface area (Å²) in [6, 6.07) is 5.74. The maximum atomic E-state index is 12.1. The highest BCUT2D eigenvalue weighted by Gasteiger charge is 2.18. The summed E-state index contributed by atoms with van der Waals surface area (Å²) in [6.45, 7) is 3.49. The fourth-order valence-electron chi connectivity index (χ4n) is 1.96. The van der Waals surface area contributed by atoms with E-state index in [1.54, 1.807) is 0 Å². The Kier molecular flexibility index (Phi) is 8.21. The second-order valence-electron chi connectivity index (χ2n) is 5.26. The molecular formula is C16H22ClNO5S. The predicted molar refractivity (Wildman–Crippen MR) is 91.6 cm³/mol. The second-order valence-corrected chi connectivity index (χ2v) is 7.81. The topological polar surface area (TPSA) is 89.5 Å². The van der Waals surface area contributed by atoms with E-state index in [0.29, 0.717) is 5.02 Å². The van der Waals surface area contributed by atoms with Crippen molar-refractivity contribution in [3.05, 3.63) is 29.3 Å². The molecule has 0 aromatic heterocycles. The number of rotatable bonds is 9. The van der Waals surface area contributed by atoms with E-state index in [0.717, 1.165) is 12.8 Å². The minimum atomic E-state index is -3.60. The molecule has 0 saturated heterocycles. The summed E-state index contributed by atoms with van der Waals surface area (Å²) in [5.41, 5.74) is 0. The van der Waals surface area contributed by atoms with Crippen LogP contribution in [0.5, 0.6) is 0 Å². The number of amides is 1. The Morgan fingerprint density at radius 1 is 1.17 bits per heavy atom. The van der Waals surface area contributed by atoms with Crippen LogP contribution < -0.4 is 5.32 Å². The van der Waals surface area contributed by atoms with Crippen LogP contribution in [0.25, 0.3) is 0 Å². The average Bonchev–Trinajstić information content (AvgIpc) is 2.56. The van der Waals surface area contributed by atoms with E-state index in [-0.39, 0.29) is 23.1 Å². The van der Waals surface area contributed by atoms with Gasteiger partial charge in [-0.2, -0.15) is 0 Å². The molecule has 24 heavy (non-hydrogen) atoms. The van der Waals surface area contributed by atoms with Crippen molar-refractivity contribution < 1.29 is 22.7 Å². The van der Waals surface area contributed by atoms with Gasteiger partial charge in [0.05, 0.1) is 17.1 Å². The fourth-order valence-corrected chi connectivity index (χ4v) is 3.31. The van der Waals surface area contributed by atoms with Crippen molar-refractivity contribution >= 4 is 33.3 Å². The van der Waals surface area contributed by atoms with E-state index in [4.69, 9.17) is 16.3 Å². The largest absolute Gasteiger partial charge is 0.456 e. The standard InChI is InChI=1S/C16H22ClNO5S/c1-3-13(4-2)18-15(19)11-23-16(20)9-10-24(21,22)14-7-5-12(17)6-8-14/h5-8,13H,3-4,9-11H2,1-2H3,(H,18,19). The van der Waals surface area contributed by atoms with E-state index in [1.807, 2.05) is 13.8 Å². The van der Waals surface area contributed by atoms with Gasteiger partial charge in [0.25, 0.3) is 5.91 Å². The molecule has 8 heteroatoms. The van der Waals surface area contributed by atoms with Crippen LogP contribution >= 0.6 is 11.6 Å². The Morgan fingerprint density at radius 3 is 2.29 bits per heavy atom. The van der Waals surface area contributed by atoms with Gasteiger partial charge in [0.2, 0.25) is 0 Å². The quantitative estimate of drug-likeness (QED) is 0.669. The van der Waals surface area contributed by atoms with Gasteiger partial charge in [-0.05, 0) is 37.1 Å². The van der Waals surface area contributed by atoms with E-state index >= 15 is 0 Å². The molecule has 0 radical (unpaired) electrons. The molecule has 1 aromatic rings. The fraction of sp³-hybridized carbons (Fsp3) is 0.500. The van der Waals surface area contributed by atoms with Gasteiger partial charge in [0.15, 0.2) is 16.4 Å². The summed E-state index contributed by atoms with van der Waals surface area (Å²) in [5, 5.41) is 3.16. The molecule has 1 N–H and O–H groups in total. The molecule has 134 valence electrons. The lowest BCUT2D eigenvalue weighted by atomic mass is 10.2. The lowest BCUT2D eigenvalue weighted by Gasteiger charge is -2.14. The van der Waals surface area contributed by atoms with Gasteiger partial charge in [-0.1, -0.05) is 25.4 Å². The molecule has 0 unspecified atom stereocenters. The van der Waals surface area contributed by atoms with Crippen molar-refractivity contribution in [2.45, 2.75) is 44.0 Å². The number of sulfone groups is 1. The first-order chi connectivity index (χ1) is 11.3. The molecule has 1 amide bonds. The Bertz CT molecular complexity index is 654. The zero-order chi connectivity index (χ0) is 18.2. The van der Waals surface area contributed by atoms with Crippen LogP contribution in [0, 0.1) is 0 Å². The van der Waals surface area contributed by atoms with Crippen LogP contribution in [0.15, 0.2) is 29.2 Å². The van der Waals surface area contributed by atoms with E-state index in [2.05, 4.69) is 5.32 Å². The number of halogens is 1. The van der Waals surface area contributed by atoms with Gasteiger partial charge in [0.1, 0.15) is 0 Å². The molecule has 0 saturated carbocycles. The highest BCUT2D eigenvalue weighted by molar-refractivity contribution is 7.91. The summed E-state index contributed by atoms with van der Waals surface area (Å²) >= 11 is 5.71. The monoisotopic (exact) mass is 375 g/mol. The first-order valence-electron chi connectivity index (χ1n) is 7.71. The summed E-state index contributed by atoms with van der Waals surface area (Å²) in [6.07, 6.45) is 1.26. The normalized spacial score (nSPS) is 11.3. The lowest BCUT2D eigenvalue weighted by molar-refractivity contribution is -0.148. The summed E-state index contributed by atoms with van der Waals surface area (Å²) in [4.78, 5) is 23.3. The van der Waals surface area contributed by atoms with E-state index in [1.165, 1.54) is 24.3 Å².